The van der Waals surface area contributed by atoms with Crippen molar-refractivity contribution < 1.29 is 9.59 Å². The van der Waals surface area contributed by atoms with E-state index in [9.17, 15) is 9.59 Å². The Kier molecular flexibility index (Phi) is 6.84. The van der Waals surface area contributed by atoms with E-state index in [4.69, 9.17) is 11.6 Å². The lowest BCUT2D eigenvalue weighted by Crippen LogP contribution is -2.43. The third-order valence-electron chi connectivity index (χ3n) is 5.65. The van der Waals surface area contributed by atoms with Crippen LogP contribution in [0, 0.1) is 5.92 Å². The van der Waals surface area contributed by atoms with Crippen LogP contribution >= 0.6 is 22.9 Å². The number of hydrogen-bond donors (Lipinski definition) is 1. The van der Waals surface area contributed by atoms with Crippen LogP contribution < -0.4 is 15.1 Å². The van der Waals surface area contributed by atoms with Crippen LogP contribution in [0.4, 0.5) is 10.3 Å². The van der Waals surface area contributed by atoms with E-state index < -0.39 is 0 Å². The maximum absolute atomic E-state index is 12.7. The molecule has 1 atom stereocenters. The van der Waals surface area contributed by atoms with Gasteiger partial charge in [-0.2, -0.15) is 0 Å². The maximum atomic E-state index is 12.7. The smallest absolute Gasteiger partial charge is 0.228 e. The summed E-state index contributed by atoms with van der Waals surface area (Å²) in [5, 5.41) is 13.8. The quantitative estimate of drug-likeness (QED) is 0.735. The van der Waals surface area contributed by atoms with E-state index in [1.807, 2.05) is 24.3 Å². The number of benzene rings is 1. The first-order chi connectivity index (χ1) is 14.6. The van der Waals surface area contributed by atoms with Crippen molar-refractivity contribution in [2.75, 3.05) is 36.0 Å². The van der Waals surface area contributed by atoms with Gasteiger partial charge in [0.1, 0.15) is 0 Å². The number of hydrogen-bond acceptors (Lipinski definition) is 6. The van der Waals surface area contributed by atoms with Gasteiger partial charge in [-0.3, -0.25) is 14.5 Å². The number of halogens is 1. The molecule has 3 heterocycles. The van der Waals surface area contributed by atoms with Gasteiger partial charge in [-0.1, -0.05) is 35.1 Å². The minimum atomic E-state index is -0.0621. The molecule has 7 nitrogen and oxygen atoms in total. The lowest BCUT2D eigenvalue weighted by molar-refractivity contribution is -0.125. The van der Waals surface area contributed by atoms with Crippen molar-refractivity contribution in [3.63, 3.8) is 0 Å². The SMILES string of the molecule is O=C(NCCc1ccc(Cl)cc1)[C@@H]1CCCN(c2nnc(N3CCCCC3=O)s2)C1. The van der Waals surface area contributed by atoms with E-state index in [1.54, 1.807) is 4.90 Å². The zero-order chi connectivity index (χ0) is 20.9. The average Bonchev–Trinajstić information content (AvgIpc) is 3.25. The van der Waals surface area contributed by atoms with Crippen molar-refractivity contribution in [2.45, 2.75) is 38.5 Å². The van der Waals surface area contributed by atoms with Gasteiger partial charge in [-0.15, -0.1) is 10.2 Å². The van der Waals surface area contributed by atoms with Gasteiger partial charge < -0.3 is 10.2 Å². The molecule has 0 spiro atoms. The Hall–Kier alpha value is -2.19. The van der Waals surface area contributed by atoms with Crippen molar-refractivity contribution in [2.24, 2.45) is 5.92 Å². The summed E-state index contributed by atoms with van der Waals surface area (Å²) in [5.74, 6) is 0.151. The number of nitrogens with zero attached hydrogens (tertiary/aromatic N) is 4. The largest absolute Gasteiger partial charge is 0.355 e. The predicted octanol–water partition coefficient (Wildman–Crippen LogP) is 3.28. The summed E-state index contributed by atoms with van der Waals surface area (Å²) in [6, 6.07) is 7.70. The van der Waals surface area contributed by atoms with Crippen LogP contribution in [0.15, 0.2) is 24.3 Å². The molecule has 2 aliphatic heterocycles. The molecule has 2 aliphatic rings. The fourth-order valence-corrected chi connectivity index (χ4v) is 4.99. The molecule has 2 saturated heterocycles. The van der Waals surface area contributed by atoms with E-state index in [-0.39, 0.29) is 17.7 Å². The Morgan fingerprint density at radius 3 is 2.73 bits per heavy atom. The normalized spacial score (nSPS) is 19.8. The molecule has 4 rings (SSSR count). The van der Waals surface area contributed by atoms with Crippen LogP contribution in [0.25, 0.3) is 0 Å². The third kappa shape index (κ3) is 5.10. The van der Waals surface area contributed by atoms with Crippen LogP contribution in [0.3, 0.4) is 0 Å². The standard InChI is InChI=1S/C21H26ClN5O2S/c22-17-8-6-15(7-9-17)10-11-23-19(29)16-4-3-12-26(14-16)20-24-25-21(30-20)27-13-2-1-5-18(27)28/h6-9,16H,1-5,10-14H2,(H,23,29)/t16-/m1/s1. The molecule has 30 heavy (non-hydrogen) atoms. The zero-order valence-corrected chi connectivity index (χ0v) is 18.4. The highest BCUT2D eigenvalue weighted by molar-refractivity contribution is 7.19. The van der Waals surface area contributed by atoms with Gasteiger partial charge in [-0.25, -0.2) is 0 Å². The van der Waals surface area contributed by atoms with E-state index in [0.29, 0.717) is 31.2 Å². The fraction of sp³-hybridized carbons (Fsp3) is 0.524. The fourth-order valence-electron chi connectivity index (χ4n) is 3.94. The summed E-state index contributed by atoms with van der Waals surface area (Å²) in [5.41, 5.74) is 1.15. The highest BCUT2D eigenvalue weighted by Gasteiger charge is 2.29. The van der Waals surface area contributed by atoms with E-state index in [2.05, 4.69) is 20.4 Å². The molecule has 2 fully saturated rings. The Labute approximate surface area is 185 Å². The number of anilines is 2. The number of amides is 2. The molecule has 0 radical (unpaired) electrons. The summed E-state index contributed by atoms with van der Waals surface area (Å²) in [6.45, 7) is 2.82. The lowest BCUT2D eigenvalue weighted by atomic mass is 9.97. The molecule has 2 amide bonds. The van der Waals surface area contributed by atoms with Crippen molar-refractivity contribution in [1.82, 2.24) is 15.5 Å². The van der Waals surface area contributed by atoms with E-state index in [1.165, 1.54) is 11.3 Å². The first-order valence-corrected chi connectivity index (χ1v) is 11.7. The molecule has 1 aromatic heterocycles. The minimum absolute atomic E-state index is 0.0621. The number of nitrogens with one attached hydrogen (secondary N) is 1. The Balaban J connectivity index is 1.30. The molecule has 2 aromatic rings. The monoisotopic (exact) mass is 447 g/mol. The van der Waals surface area contributed by atoms with Gasteiger partial charge in [0.05, 0.1) is 5.92 Å². The van der Waals surface area contributed by atoms with E-state index >= 15 is 0 Å². The molecule has 1 aromatic carbocycles. The first kappa shape index (κ1) is 21.1. The zero-order valence-electron chi connectivity index (χ0n) is 16.8. The first-order valence-electron chi connectivity index (χ1n) is 10.5. The van der Waals surface area contributed by atoms with Gasteiger partial charge in [0.15, 0.2) is 0 Å². The van der Waals surface area contributed by atoms with Crippen LogP contribution in [0.1, 0.15) is 37.7 Å². The van der Waals surface area contributed by atoms with Crippen LogP contribution in [0.5, 0.6) is 0 Å². The Morgan fingerprint density at radius 1 is 1.13 bits per heavy atom. The molecule has 0 aliphatic carbocycles. The second-order valence-electron chi connectivity index (χ2n) is 7.82. The topological polar surface area (TPSA) is 78.4 Å². The van der Waals surface area contributed by atoms with Crippen molar-refractivity contribution in [3.05, 3.63) is 34.9 Å². The average molecular weight is 448 g/mol. The molecule has 0 bridgehead atoms. The van der Waals surface area contributed by atoms with Crippen LogP contribution in [-0.4, -0.2) is 48.2 Å². The number of rotatable bonds is 6. The van der Waals surface area contributed by atoms with E-state index in [0.717, 1.165) is 54.4 Å². The van der Waals surface area contributed by atoms with Crippen LogP contribution in [-0.2, 0) is 16.0 Å². The highest BCUT2D eigenvalue weighted by Crippen LogP contribution is 2.32. The van der Waals surface area contributed by atoms with Gasteiger partial charge in [0, 0.05) is 37.6 Å². The summed E-state index contributed by atoms with van der Waals surface area (Å²) in [7, 11) is 0. The summed E-state index contributed by atoms with van der Waals surface area (Å²) < 4.78 is 0. The van der Waals surface area contributed by atoms with Gasteiger partial charge in [-0.05, 0) is 49.8 Å². The number of carbonyl (C=O) groups excluding carboxylic acids is 2. The van der Waals surface area contributed by atoms with Crippen molar-refractivity contribution >= 4 is 45.0 Å². The van der Waals surface area contributed by atoms with Crippen molar-refractivity contribution in [3.8, 4) is 0 Å². The molecule has 160 valence electrons. The maximum Gasteiger partial charge on any atom is 0.228 e. The van der Waals surface area contributed by atoms with Gasteiger partial charge in [0.25, 0.3) is 0 Å². The van der Waals surface area contributed by atoms with Crippen LogP contribution in [0.2, 0.25) is 5.02 Å². The van der Waals surface area contributed by atoms with Crippen molar-refractivity contribution in [1.29, 1.82) is 0 Å². The molecule has 0 unspecified atom stereocenters. The van der Waals surface area contributed by atoms with Gasteiger partial charge in [0.2, 0.25) is 22.1 Å². The number of carbonyl (C=O) groups is 2. The predicted molar refractivity (Wildman–Crippen MR) is 119 cm³/mol. The third-order valence-corrected chi connectivity index (χ3v) is 6.91. The van der Waals surface area contributed by atoms with Gasteiger partial charge >= 0.3 is 0 Å². The summed E-state index contributed by atoms with van der Waals surface area (Å²) in [4.78, 5) is 28.7. The number of piperidine rings is 2. The highest BCUT2D eigenvalue weighted by atomic mass is 35.5. The summed E-state index contributed by atoms with van der Waals surface area (Å²) in [6.07, 6.45) is 5.12. The minimum Gasteiger partial charge on any atom is -0.355 e. The lowest BCUT2D eigenvalue weighted by Gasteiger charge is -2.31. The molecule has 1 N–H and O–H groups in total. The molecule has 9 heteroatoms. The molecule has 0 saturated carbocycles. The second kappa shape index (κ2) is 9.75. The molecular formula is C21H26ClN5O2S. The second-order valence-corrected chi connectivity index (χ2v) is 9.19. The Morgan fingerprint density at radius 2 is 1.93 bits per heavy atom. The summed E-state index contributed by atoms with van der Waals surface area (Å²) >= 11 is 7.36. The Bertz CT molecular complexity index is 888. The number of aromatic nitrogens is 2. The molecular weight excluding hydrogens is 422 g/mol.